The number of aromatic carboxylic acids is 1. The number of nitrogens with one attached hydrogen (secondary N) is 1. The first-order chi connectivity index (χ1) is 9.73. The second-order valence-electron chi connectivity index (χ2n) is 4.62. The lowest BCUT2D eigenvalue weighted by molar-refractivity contribution is -0.496. The predicted octanol–water partition coefficient (Wildman–Crippen LogP) is 2.17. The molecular formula is C12H11N3O6. The lowest BCUT2D eigenvalue weighted by atomic mass is 10.0. The molecule has 1 aromatic heterocycles. The molecule has 0 radical (unpaired) electrons. The van der Waals surface area contributed by atoms with Crippen molar-refractivity contribution < 1.29 is 19.7 Å². The summed E-state index contributed by atoms with van der Waals surface area (Å²) in [7, 11) is 0. The summed E-state index contributed by atoms with van der Waals surface area (Å²) in [6.45, 7) is 2.37. The van der Waals surface area contributed by atoms with Gasteiger partial charge in [-0.2, -0.15) is 0 Å². The molecule has 0 unspecified atom stereocenters. The highest BCUT2D eigenvalue weighted by Gasteiger charge is 2.29. The van der Waals surface area contributed by atoms with Crippen LogP contribution in [0.1, 0.15) is 27.2 Å². The number of fused-ring (bicyclic) bond motifs is 1. The Morgan fingerprint density at radius 1 is 1.33 bits per heavy atom. The Labute approximate surface area is 117 Å². The Balaban J connectivity index is 2.98. The summed E-state index contributed by atoms with van der Waals surface area (Å²) in [4.78, 5) is 34.4. The molecule has 0 saturated heterocycles. The van der Waals surface area contributed by atoms with Crippen molar-refractivity contribution in [2.45, 2.75) is 20.4 Å². The van der Waals surface area contributed by atoms with Gasteiger partial charge in [0.1, 0.15) is 5.69 Å². The van der Waals surface area contributed by atoms with Crippen molar-refractivity contribution in [3.8, 4) is 0 Å². The van der Waals surface area contributed by atoms with Gasteiger partial charge in [0.2, 0.25) is 6.54 Å². The molecule has 0 aliphatic heterocycles. The van der Waals surface area contributed by atoms with Crippen LogP contribution in [-0.4, -0.2) is 25.9 Å². The number of aromatic amines is 1. The van der Waals surface area contributed by atoms with Crippen molar-refractivity contribution in [2.75, 3.05) is 0 Å². The zero-order valence-corrected chi connectivity index (χ0v) is 11.2. The summed E-state index contributed by atoms with van der Waals surface area (Å²) in [5.41, 5.74) is 0.282. The molecule has 0 bridgehead atoms. The zero-order valence-electron chi connectivity index (χ0n) is 11.2. The van der Waals surface area contributed by atoms with Crippen molar-refractivity contribution in [1.82, 2.24) is 4.98 Å². The minimum atomic E-state index is -1.40. The van der Waals surface area contributed by atoms with Gasteiger partial charge >= 0.3 is 5.97 Å². The molecule has 0 aliphatic rings. The van der Waals surface area contributed by atoms with E-state index in [9.17, 15) is 25.0 Å². The van der Waals surface area contributed by atoms with Gasteiger partial charge < -0.3 is 10.1 Å². The number of carbonyl (C=O) groups is 1. The van der Waals surface area contributed by atoms with Crippen molar-refractivity contribution in [1.29, 1.82) is 0 Å². The number of aryl methyl sites for hydroxylation is 1. The Kier molecular flexibility index (Phi) is 3.34. The number of nitro groups is 2. The number of benzene rings is 1. The van der Waals surface area contributed by atoms with E-state index in [-0.39, 0.29) is 22.2 Å². The fourth-order valence-electron chi connectivity index (χ4n) is 2.34. The summed E-state index contributed by atoms with van der Waals surface area (Å²) in [5.74, 6) is -1.40. The van der Waals surface area contributed by atoms with Gasteiger partial charge in [-0.15, -0.1) is 0 Å². The SMILES string of the molecule is Cc1cc2[nH]c(C(=O)O)c(C[N+](=O)[O-])c2c([N+](=O)[O-])c1C. The Bertz CT molecular complexity index is 792. The zero-order chi connectivity index (χ0) is 15.9. The summed E-state index contributed by atoms with van der Waals surface area (Å²) in [5, 5.41) is 31.1. The van der Waals surface area contributed by atoms with Gasteiger partial charge in [-0.25, -0.2) is 4.79 Å². The fourth-order valence-corrected chi connectivity index (χ4v) is 2.34. The van der Waals surface area contributed by atoms with Crippen LogP contribution in [0.2, 0.25) is 0 Å². The van der Waals surface area contributed by atoms with Gasteiger partial charge in [-0.3, -0.25) is 20.2 Å². The van der Waals surface area contributed by atoms with E-state index in [1.807, 2.05) is 0 Å². The first kappa shape index (κ1) is 14.4. The van der Waals surface area contributed by atoms with Gasteiger partial charge in [0, 0.05) is 10.5 Å². The highest BCUT2D eigenvalue weighted by molar-refractivity contribution is 6.02. The van der Waals surface area contributed by atoms with Crippen LogP contribution < -0.4 is 0 Å². The van der Waals surface area contributed by atoms with Crippen LogP contribution in [-0.2, 0) is 6.54 Å². The third kappa shape index (κ3) is 2.29. The first-order valence-corrected chi connectivity index (χ1v) is 5.88. The molecule has 0 fully saturated rings. The van der Waals surface area contributed by atoms with Crippen molar-refractivity contribution in [3.05, 3.63) is 48.7 Å². The average Bonchev–Trinajstić information content (AvgIpc) is 2.68. The second-order valence-corrected chi connectivity index (χ2v) is 4.62. The molecule has 0 spiro atoms. The first-order valence-electron chi connectivity index (χ1n) is 5.88. The smallest absolute Gasteiger partial charge is 0.352 e. The lowest BCUT2D eigenvalue weighted by Crippen LogP contribution is -2.06. The fraction of sp³-hybridized carbons (Fsp3) is 0.250. The van der Waals surface area contributed by atoms with E-state index in [0.29, 0.717) is 11.1 Å². The molecule has 2 N–H and O–H groups in total. The van der Waals surface area contributed by atoms with Gasteiger partial charge in [0.05, 0.1) is 21.4 Å². The van der Waals surface area contributed by atoms with Gasteiger partial charge in [-0.1, -0.05) is 0 Å². The summed E-state index contributed by atoms with van der Waals surface area (Å²) < 4.78 is 0. The predicted molar refractivity (Wildman–Crippen MR) is 72.1 cm³/mol. The third-order valence-electron chi connectivity index (χ3n) is 3.36. The maximum Gasteiger partial charge on any atom is 0.352 e. The van der Waals surface area contributed by atoms with Gasteiger partial charge in [0.15, 0.2) is 0 Å². The monoisotopic (exact) mass is 293 g/mol. The van der Waals surface area contributed by atoms with Crippen LogP contribution >= 0.6 is 0 Å². The van der Waals surface area contributed by atoms with Gasteiger partial charge in [0.25, 0.3) is 5.69 Å². The van der Waals surface area contributed by atoms with Crippen LogP contribution in [0.25, 0.3) is 10.9 Å². The van der Waals surface area contributed by atoms with E-state index < -0.39 is 28.1 Å². The molecule has 21 heavy (non-hydrogen) atoms. The summed E-state index contributed by atoms with van der Waals surface area (Å²) >= 11 is 0. The van der Waals surface area contributed by atoms with Crippen molar-refractivity contribution in [2.24, 2.45) is 0 Å². The van der Waals surface area contributed by atoms with E-state index in [4.69, 9.17) is 5.11 Å². The molecule has 1 heterocycles. The number of rotatable bonds is 4. The van der Waals surface area contributed by atoms with Crippen LogP contribution in [0.3, 0.4) is 0 Å². The van der Waals surface area contributed by atoms with Crippen LogP contribution in [0.5, 0.6) is 0 Å². The molecule has 9 heteroatoms. The topological polar surface area (TPSA) is 139 Å². The summed E-state index contributed by atoms with van der Waals surface area (Å²) in [6, 6.07) is 1.55. The average molecular weight is 293 g/mol. The van der Waals surface area contributed by atoms with Crippen molar-refractivity contribution >= 4 is 22.6 Å². The minimum Gasteiger partial charge on any atom is -0.477 e. The maximum atomic E-state index is 11.3. The maximum absolute atomic E-state index is 11.3. The van der Waals surface area contributed by atoms with E-state index in [2.05, 4.69) is 4.98 Å². The molecule has 9 nitrogen and oxygen atoms in total. The molecule has 2 aromatic rings. The Morgan fingerprint density at radius 2 is 1.95 bits per heavy atom. The standard InChI is InChI=1S/C12H11N3O6/c1-5-3-8-9(11(6(5)2)15(20)21)7(4-14(18)19)10(13-8)12(16)17/h3,13H,4H2,1-2H3,(H,16,17). The van der Waals surface area contributed by atoms with Gasteiger partial charge in [-0.05, 0) is 25.5 Å². The van der Waals surface area contributed by atoms with Crippen LogP contribution in [0.4, 0.5) is 5.69 Å². The molecule has 1 aromatic carbocycles. The number of nitrogens with zero attached hydrogens (tertiary/aromatic N) is 2. The normalized spacial score (nSPS) is 10.8. The molecule has 110 valence electrons. The van der Waals surface area contributed by atoms with E-state index in [0.717, 1.165) is 0 Å². The van der Waals surface area contributed by atoms with E-state index in [1.165, 1.54) is 6.92 Å². The molecule has 0 atom stereocenters. The molecule has 0 saturated carbocycles. The number of H-pyrrole nitrogens is 1. The number of hydrogen-bond acceptors (Lipinski definition) is 5. The Hall–Kier alpha value is -2.97. The summed E-state index contributed by atoms with van der Waals surface area (Å²) in [6.07, 6.45) is 0. The largest absolute Gasteiger partial charge is 0.477 e. The van der Waals surface area contributed by atoms with Crippen LogP contribution in [0.15, 0.2) is 6.07 Å². The molecule has 2 rings (SSSR count). The highest BCUT2D eigenvalue weighted by Crippen LogP contribution is 2.36. The minimum absolute atomic E-state index is 0.0165. The number of aromatic nitrogens is 1. The Morgan fingerprint density at radius 3 is 2.43 bits per heavy atom. The second kappa shape index (κ2) is 4.85. The number of hydrogen-bond donors (Lipinski definition) is 2. The third-order valence-corrected chi connectivity index (χ3v) is 3.36. The lowest BCUT2D eigenvalue weighted by Gasteiger charge is -2.04. The molecular weight excluding hydrogens is 282 g/mol. The number of nitro benzene ring substituents is 1. The molecule has 0 amide bonds. The quantitative estimate of drug-likeness (QED) is 0.654. The molecule has 0 aliphatic carbocycles. The van der Waals surface area contributed by atoms with E-state index >= 15 is 0 Å². The highest BCUT2D eigenvalue weighted by atomic mass is 16.6. The van der Waals surface area contributed by atoms with E-state index in [1.54, 1.807) is 13.0 Å². The number of carboxylic acid groups (broad SMARTS) is 1. The van der Waals surface area contributed by atoms with Crippen LogP contribution in [0, 0.1) is 34.1 Å². The number of carboxylic acids is 1. The van der Waals surface area contributed by atoms with Crippen molar-refractivity contribution in [3.63, 3.8) is 0 Å².